The molecule has 2 aliphatic rings. The van der Waals surface area contributed by atoms with Crippen molar-refractivity contribution < 1.29 is 18.7 Å². The molecule has 140 valence electrons. The molecule has 1 saturated heterocycles. The van der Waals surface area contributed by atoms with Crippen molar-refractivity contribution in [2.75, 3.05) is 32.9 Å². The number of aryl methyl sites for hydroxylation is 2. The molecule has 2 heterocycles. The molecule has 5 heteroatoms. The summed E-state index contributed by atoms with van der Waals surface area (Å²) < 4.78 is 17.2. The second kappa shape index (κ2) is 7.70. The van der Waals surface area contributed by atoms with Crippen LogP contribution in [0.4, 0.5) is 0 Å². The maximum absolute atomic E-state index is 12.5. The van der Waals surface area contributed by atoms with E-state index in [2.05, 4.69) is 0 Å². The lowest BCUT2D eigenvalue weighted by Crippen LogP contribution is -2.38. The fourth-order valence-electron chi connectivity index (χ4n) is 4.01. The summed E-state index contributed by atoms with van der Waals surface area (Å²) in [5.74, 6) is 2.34. The summed E-state index contributed by atoms with van der Waals surface area (Å²) in [7, 11) is 0. The fraction of sp³-hybridized carbons (Fsp3) is 0.571. The van der Waals surface area contributed by atoms with E-state index in [0.29, 0.717) is 12.5 Å². The van der Waals surface area contributed by atoms with Crippen LogP contribution in [-0.2, 0) is 22.4 Å². The Morgan fingerprint density at radius 3 is 3.00 bits per heavy atom. The van der Waals surface area contributed by atoms with E-state index in [1.54, 1.807) is 0 Å². The summed E-state index contributed by atoms with van der Waals surface area (Å²) >= 11 is 0. The third kappa shape index (κ3) is 3.58. The zero-order chi connectivity index (χ0) is 17.9. The number of nitrogens with zero attached hydrogens (tertiary/aromatic N) is 1. The van der Waals surface area contributed by atoms with Crippen LogP contribution in [0.2, 0.25) is 0 Å². The fourth-order valence-corrected chi connectivity index (χ4v) is 4.01. The average Bonchev–Trinajstić information content (AvgIpc) is 3.31. The molecule has 0 spiro atoms. The number of hydrogen-bond donors (Lipinski definition) is 0. The van der Waals surface area contributed by atoms with Crippen molar-refractivity contribution in [1.82, 2.24) is 4.90 Å². The number of fused-ring (bicyclic) bond motifs is 3. The van der Waals surface area contributed by atoms with Gasteiger partial charge < -0.3 is 18.8 Å². The summed E-state index contributed by atoms with van der Waals surface area (Å²) in [5.41, 5.74) is 2.24. The van der Waals surface area contributed by atoms with E-state index >= 15 is 0 Å². The molecule has 1 aromatic carbocycles. The molecule has 1 atom stereocenters. The predicted molar refractivity (Wildman–Crippen MR) is 99.5 cm³/mol. The van der Waals surface area contributed by atoms with Gasteiger partial charge in [-0.25, -0.2) is 0 Å². The van der Waals surface area contributed by atoms with E-state index < -0.39 is 0 Å². The van der Waals surface area contributed by atoms with Gasteiger partial charge in [-0.3, -0.25) is 4.79 Å². The van der Waals surface area contributed by atoms with Crippen LogP contribution >= 0.6 is 0 Å². The first-order chi connectivity index (χ1) is 12.7. The minimum atomic E-state index is 0.0359. The number of ether oxygens (including phenoxy) is 2. The van der Waals surface area contributed by atoms with Crippen molar-refractivity contribution in [3.8, 4) is 5.75 Å². The van der Waals surface area contributed by atoms with Gasteiger partial charge in [0, 0.05) is 43.0 Å². The number of carbonyl (C=O) groups is 1. The van der Waals surface area contributed by atoms with Crippen molar-refractivity contribution in [2.24, 2.45) is 5.92 Å². The van der Waals surface area contributed by atoms with Crippen LogP contribution in [-0.4, -0.2) is 43.7 Å². The molecule has 5 nitrogen and oxygen atoms in total. The topological polar surface area (TPSA) is 51.9 Å². The Morgan fingerprint density at radius 1 is 1.31 bits per heavy atom. The van der Waals surface area contributed by atoms with Gasteiger partial charge in [0.2, 0.25) is 0 Å². The molecule has 26 heavy (non-hydrogen) atoms. The summed E-state index contributed by atoms with van der Waals surface area (Å²) in [5, 5.41) is 1.14. The maximum atomic E-state index is 12.5. The van der Waals surface area contributed by atoms with Crippen molar-refractivity contribution in [1.29, 1.82) is 0 Å². The van der Waals surface area contributed by atoms with Gasteiger partial charge in [0.25, 0.3) is 5.91 Å². The highest BCUT2D eigenvalue weighted by Gasteiger charge is 2.22. The molecule has 1 aromatic heterocycles. The van der Waals surface area contributed by atoms with Crippen molar-refractivity contribution in [2.45, 2.75) is 39.0 Å². The molecular formula is C21H27NO4. The highest BCUT2D eigenvalue weighted by atomic mass is 16.5. The lowest BCUT2D eigenvalue weighted by Gasteiger charge is -2.23. The Bertz CT molecular complexity index is 776. The molecule has 0 bridgehead atoms. The van der Waals surface area contributed by atoms with Gasteiger partial charge in [0.05, 0.1) is 6.61 Å². The SMILES string of the molecule is CCN(CC1CCOC1)C(=O)COc1ccc2oc3c(c2c1)CCCC3. The molecule has 1 amide bonds. The zero-order valence-electron chi connectivity index (χ0n) is 15.5. The van der Waals surface area contributed by atoms with Gasteiger partial charge in [0.1, 0.15) is 17.1 Å². The van der Waals surface area contributed by atoms with Gasteiger partial charge in [-0.1, -0.05) is 0 Å². The number of hydrogen-bond acceptors (Lipinski definition) is 4. The van der Waals surface area contributed by atoms with Gasteiger partial charge in [-0.2, -0.15) is 0 Å². The van der Waals surface area contributed by atoms with Gasteiger partial charge >= 0.3 is 0 Å². The van der Waals surface area contributed by atoms with Crippen LogP contribution in [0.25, 0.3) is 11.0 Å². The van der Waals surface area contributed by atoms with E-state index in [0.717, 1.165) is 61.5 Å². The number of benzene rings is 1. The number of amides is 1. The Balaban J connectivity index is 1.41. The van der Waals surface area contributed by atoms with E-state index in [1.165, 1.54) is 18.4 Å². The third-order valence-corrected chi connectivity index (χ3v) is 5.53. The van der Waals surface area contributed by atoms with Gasteiger partial charge in [-0.05, 0) is 50.8 Å². The lowest BCUT2D eigenvalue weighted by molar-refractivity contribution is -0.133. The van der Waals surface area contributed by atoms with Crippen LogP contribution in [0.15, 0.2) is 22.6 Å². The maximum Gasteiger partial charge on any atom is 0.260 e. The van der Waals surface area contributed by atoms with Gasteiger partial charge in [-0.15, -0.1) is 0 Å². The minimum absolute atomic E-state index is 0.0359. The molecule has 0 N–H and O–H groups in total. The Labute approximate surface area is 154 Å². The Kier molecular flexibility index (Phi) is 5.16. The van der Waals surface area contributed by atoms with Crippen LogP contribution in [0.5, 0.6) is 5.75 Å². The second-order valence-corrected chi connectivity index (χ2v) is 7.32. The Hall–Kier alpha value is -2.01. The summed E-state index contributed by atoms with van der Waals surface area (Å²) in [6.45, 7) is 5.11. The van der Waals surface area contributed by atoms with E-state index in [4.69, 9.17) is 13.9 Å². The van der Waals surface area contributed by atoms with E-state index in [9.17, 15) is 4.79 Å². The minimum Gasteiger partial charge on any atom is -0.484 e. The number of rotatable bonds is 6. The highest BCUT2D eigenvalue weighted by molar-refractivity contribution is 5.84. The average molecular weight is 357 g/mol. The van der Waals surface area contributed by atoms with Crippen LogP contribution in [0, 0.1) is 5.92 Å². The first-order valence-electron chi connectivity index (χ1n) is 9.77. The number of carbonyl (C=O) groups excluding carboxylic acids is 1. The summed E-state index contributed by atoms with van der Waals surface area (Å²) in [6, 6.07) is 5.88. The van der Waals surface area contributed by atoms with Crippen molar-refractivity contribution >= 4 is 16.9 Å². The molecule has 1 aliphatic carbocycles. The standard InChI is InChI=1S/C21H27NO4/c1-2-22(12-15-9-10-24-13-15)21(23)14-25-16-7-8-20-18(11-16)17-5-3-4-6-19(17)26-20/h7-8,11,15H,2-6,9-10,12-14H2,1H3. The van der Waals surface area contributed by atoms with Crippen molar-refractivity contribution in [3.63, 3.8) is 0 Å². The summed E-state index contributed by atoms with van der Waals surface area (Å²) in [6.07, 6.45) is 5.53. The first kappa shape index (κ1) is 17.4. The molecule has 1 aliphatic heterocycles. The van der Waals surface area contributed by atoms with Crippen LogP contribution in [0.1, 0.15) is 37.5 Å². The molecule has 2 aromatic rings. The Morgan fingerprint density at radius 2 is 2.19 bits per heavy atom. The van der Waals surface area contributed by atoms with Crippen LogP contribution < -0.4 is 4.74 Å². The first-order valence-corrected chi connectivity index (χ1v) is 9.77. The number of likely N-dealkylation sites (N-methyl/N-ethyl adjacent to an activating group) is 1. The predicted octanol–water partition coefficient (Wildman–Crippen LogP) is 3.58. The largest absolute Gasteiger partial charge is 0.484 e. The third-order valence-electron chi connectivity index (χ3n) is 5.53. The zero-order valence-corrected chi connectivity index (χ0v) is 15.5. The van der Waals surface area contributed by atoms with E-state index in [-0.39, 0.29) is 12.5 Å². The quantitative estimate of drug-likeness (QED) is 0.793. The summed E-state index contributed by atoms with van der Waals surface area (Å²) in [4.78, 5) is 14.4. The molecule has 1 fully saturated rings. The molecule has 0 saturated carbocycles. The molecule has 0 radical (unpaired) electrons. The number of furan rings is 1. The van der Waals surface area contributed by atoms with Gasteiger partial charge in [0.15, 0.2) is 6.61 Å². The smallest absolute Gasteiger partial charge is 0.260 e. The van der Waals surface area contributed by atoms with Crippen molar-refractivity contribution in [3.05, 3.63) is 29.5 Å². The second-order valence-electron chi connectivity index (χ2n) is 7.32. The normalized spacial score (nSPS) is 19.5. The van der Waals surface area contributed by atoms with E-state index in [1.807, 2.05) is 30.0 Å². The lowest BCUT2D eigenvalue weighted by atomic mass is 9.96. The monoisotopic (exact) mass is 357 g/mol. The molecule has 4 rings (SSSR count). The molecule has 1 unspecified atom stereocenters. The molecular weight excluding hydrogens is 330 g/mol. The van der Waals surface area contributed by atoms with Crippen LogP contribution in [0.3, 0.4) is 0 Å². The highest BCUT2D eigenvalue weighted by Crippen LogP contribution is 2.33.